The van der Waals surface area contributed by atoms with Crippen LogP contribution in [0.1, 0.15) is 204 Å². The first-order chi connectivity index (χ1) is 52.3. The van der Waals surface area contributed by atoms with E-state index in [2.05, 4.69) is 57.6 Å². The second kappa shape index (κ2) is 46.9. The Balaban J connectivity index is 0.000000581. The summed E-state index contributed by atoms with van der Waals surface area (Å²) in [7, 11) is 0.957. The van der Waals surface area contributed by atoms with Crippen LogP contribution in [0.4, 0.5) is 15.3 Å². The molecule has 1 saturated heterocycles. The zero-order chi connectivity index (χ0) is 84.6. The number of nitrogens with two attached hydrogens (primary N) is 1. The highest BCUT2D eigenvalue weighted by molar-refractivity contribution is 7.88. The van der Waals surface area contributed by atoms with Crippen molar-refractivity contribution in [1.29, 1.82) is 0 Å². The van der Waals surface area contributed by atoms with Crippen LogP contribution in [0.15, 0.2) is 66.2 Å². The average molecular weight is 1610 g/mol. The summed E-state index contributed by atoms with van der Waals surface area (Å²) in [5.74, 6) is -4.72. The SMILES string of the molecule is CCOC(=O)NC(C)(C)C(=O)N[C@H](C(=O)N(C)[C@@H]([C@@H](C)CC)[C@@H](CC(=O)N1CCC[C@H]1[C@H](OC)[C@@H](C)C(=O)N[C@@H](Cc1ccccc1)c1nccs1)OC)C(C)C.Cc1ccc(NC(=O)[C@H](CCCNC(N)=O)NC(=O)[C@@H](NC(=O)[C@H](CCCCNC(=O)CC[C@@H](NC(C)(C)C)C(=O)C(C)(C)C)NS(C)(=O)=O)C(C)C)cc1. The summed E-state index contributed by atoms with van der Waals surface area (Å²) in [6, 6.07) is 10.3. The lowest BCUT2D eigenvalue weighted by molar-refractivity contribution is -0.148. The van der Waals surface area contributed by atoms with E-state index in [1.807, 2.05) is 131 Å². The summed E-state index contributed by atoms with van der Waals surface area (Å²) in [6.45, 7) is 32.1. The summed E-state index contributed by atoms with van der Waals surface area (Å²) in [5, 5.41) is 28.1. The summed E-state index contributed by atoms with van der Waals surface area (Å²) < 4.78 is 43.8. The molecule has 0 unspecified atom stereocenters. The van der Waals surface area contributed by atoms with Gasteiger partial charge in [0.1, 0.15) is 34.7 Å². The summed E-state index contributed by atoms with van der Waals surface area (Å²) in [6.07, 6.45) is 5.15. The van der Waals surface area contributed by atoms with Gasteiger partial charge in [0, 0.05) is 75.5 Å². The first-order valence-corrected chi connectivity index (χ1v) is 41.8. The highest BCUT2D eigenvalue weighted by Crippen LogP contribution is 2.32. The number of urea groups is 1. The number of carbonyl (C=O) groups excluding carboxylic acids is 11. The molecule has 12 atom stereocenters. The smallest absolute Gasteiger partial charge is 0.407 e. The molecule has 2 heterocycles. The molecule has 1 aromatic heterocycles. The van der Waals surface area contributed by atoms with Crippen LogP contribution in [0.3, 0.4) is 0 Å². The van der Waals surface area contributed by atoms with Gasteiger partial charge in [-0.05, 0) is 142 Å². The Labute approximate surface area is 668 Å². The minimum Gasteiger partial charge on any atom is -0.450 e. The standard InChI is InChI=1S/C42H66N6O8S.C38H66N8O8S/c1-12-27(5)35(47(9)39(51)34(26(3)4)45-40(52)42(7,8)46-41(53)56-13-2)32(54-10)25-33(49)48-22-17-20-31(48)36(55-11)28(6)37(50)44-30(38-43-21-23-57-38)24-29-18-15-14-16-19-29;1-24(2)31(35(51)43-28(15-13-23-41-36(39)52)33(49)42-26-18-16-25(3)17-19-26)44-34(50)29(46-55(10,53)54)14-11-12-22-40-30(47)21-20-27(45-38(7,8)9)32(48)37(4,5)6/h14-16,18-19,21,23,26-28,30-32,34-36H,12-13,17,20,22,24-25H2,1-11H3,(H,44,50)(H,45,52)(H,46,53);16-19,24,27-29,31,45-46H,11-15,20-23H2,1-10H3,(H,40,47)(H,42,49)(H,43,51)(H,44,50)(H3,39,41,52)/t27-,28+,30-,31-,32+,34-,35-,36+;27-,28+,29+,31+/m01/s1. The predicted molar refractivity (Wildman–Crippen MR) is 435 cm³/mol. The van der Waals surface area contributed by atoms with Gasteiger partial charge in [-0.1, -0.05) is 124 Å². The van der Waals surface area contributed by atoms with Crippen LogP contribution in [-0.4, -0.2) is 208 Å². The molecule has 1 fully saturated rings. The third kappa shape index (κ3) is 33.9. The number of hydrogen-bond acceptors (Lipinski definition) is 19. The Kier molecular flexibility index (Phi) is 41.0. The number of carbonyl (C=O) groups is 11. The molecule has 0 bridgehead atoms. The second-order valence-corrected chi connectivity index (χ2v) is 35.1. The van der Waals surface area contributed by atoms with E-state index in [9.17, 15) is 61.2 Å². The maximum atomic E-state index is 14.3. The molecule has 4 rings (SSSR count). The van der Waals surface area contributed by atoms with E-state index in [1.54, 1.807) is 63.1 Å². The normalized spacial score (nSPS) is 16.2. The Bertz CT molecular complexity index is 3610. The number of thiazole rings is 1. The van der Waals surface area contributed by atoms with Crippen LogP contribution in [0, 0.1) is 36.0 Å². The third-order valence-corrected chi connectivity index (χ3v) is 21.1. The molecule has 0 spiro atoms. The average Bonchev–Trinajstić information content (AvgIpc) is 1.50. The number of hydrogen-bond donors (Lipinski definition) is 11. The number of likely N-dealkylation sites (tertiary alicyclic amines) is 1. The lowest BCUT2D eigenvalue weighted by Crippen LogP contribution is -2.62. The van der Waals surface area contributed by atoms with E-state index >= 15 is 0 Å². The first-order valence-electron chi connectivity index (χ1n) is 39.0. The molecule has 0 radical (unpaired) electrons. The van der Waals surface area contributed by atoms with Gasteiger partial charge < -0.3 is 77.6 Å². The van der Waals surface area contributed by atoms with Gasteiger partial charge in [-0.3, -0.25) is 43.2 Å². The molecule has 630 valence electrons. The van der Waals surface area contributed by atoms with Gasteiger partial charge in [0.25, 0.3) is 0 Å². The van der Waals surface area contributed by atoms with Crippen molar-refractivity contribution in [3.8, 4) is 0 Å². The fourth-order valence-electron chi connectivity index (χ4n) is 13.2. The van der Waals surface area contributed by atoms with Crippen molar-refractivity contribution in [2.75, 3.05) is 59.1 Å². The zero-order valence-electron chi connectivity index (χ0n) is 70.0. The molecule has 32 heteroatoms. The number of alkyl carbamates (subject to hydrolysis) is 1. The molecule has 2 aromatic carbocycles. The van der Waals surface area contributed by atoms with E-state index in [-0.39, 0.29) is 104 Å². The summed E-state index contributed by atoms with van der Waals surface area (Å²) >= 11 is 1.49. The Morgan fingerprint density at radius 3 is 1.89 bits per heavy atom. The number of rotatable bonds is 44. The molecule has 12 N–H and O–H groups in total. The molecule has 1 aliphatic rings. The molecule has 11 amide bonds. The predicted octanol–water partition coefficient (Wildman–Crippen LogP) is 7.49. The van der Waals surface area contributed by atoms with Crippen LogP contribution in [0.25, 0.3) is 0 Å². The number of primary amides is 1. The topological polar surface area (TPSA) is 415 Å². The molecular formula is C80H132N14O16S2. The van der Waals surface area contributed by atoms with Gasteiger partial charge >= 0.3 is 12.1 Å². The minimum atomic E-state index is -3.84. The Morgan fingerprint density at radius 2 is 1.35 bits per heavy atom. The maximum Gasteiger partial charge on any atom is 0.407 e. The number of ether oxygens (including phenoxy) is 3. The largest absolute Gasteiger partial charge is 0.450 e. The van der Waals surface area contributed by atoms with Gasteiger partial charge in [-0.25, -0.2) is 27.7 Å². The maximum absolute atomic E-state index is 14.3. The van der Waals surface area contributed by atoms with E-state index in [0.29, 0.717) is 57.2 Å². The van der Waals surface area contributed by atoms with Crippen LogP contribution in [0.2, 0.25) is 0 Å². The summed E-state index contributed by atoms with van der Waals surface area (Å²) in [5.41, 5.74) is 5.48. The van der Waals surface area contributed by atoms with Crippen molar-refractivity contribution in [1.82, 2.24) is 62.0 Å². The Hall–Kier alpha value is -8.17. The number of nitrogens with zero attached hydrogens (tertiary/aromatic N) is 3. The fraction of sp³-hybridized carbons (Fsp3) is 0.675. The number of sulfonamides is 1. The number of likely N-dealkylation sites (N-methyl/N-ethyl adjacent to an activating group) is 1. The van der Waals surface area contributed by atoms with Gasteiger partial charge in [0.15, 0.2) is 5.78 Å². The van der Waals surface area contributed by atoms with Crippen molar-refractivity contribution in [3.63, 3.8) is 0 Å². The van der Waals surface area contributed by atoms with Crippen molar-refractivity contribution in [2.45, 2.75) is 266 Å². The van der Waals surface area contributed by atoms with E-state index in [0.717, 1.165) is 28.8 Å². The number of benzene rings is 2. The number of methoxy groups -OCH3 is 2. The van der Waals surface area contributed by atoms with Gasteiger partial charge in [0.05, 0.1) is 61.6 Å². The number of amides is 11. The number of anilines is 1. The highest BCUT2D eigenvalue weighted by Gasteiger charge is 2.45. The summed E-state index contributed by atoms with van der Waals surface area (Å²) in [4.78, 5) is 153. The van der Waals surface area contributed by atoms with Gasteiger partial charge in [0.2, 0.25) is 57.3 Å². The number of Topliss-reactive ketones (excluding diaryl/α,β-unsaturated/α-hetero) is 1. The monoisotopic (exact) mass is 1610 g/mol. The molecule has 30 nitrogen and oxygen atoms in total. The number of aromatic nitrogens is 1. The van der Waals surface area contributed by atoms with Crippen LogP contribution >= 0.6 is 11.3 Å². The van der Waals surface area contributed by atoms with Gasteiger partial charge in [-0.15, -0.1) is 11.3 Å². The number of nitrogens with one attached hydrogen (secondary N) is 10. The third-order valence-electron chi connectivity index (χ3n) is 19.5. The fourth-order valence-corrected chi connectivity index (χ4v) is 14.6. The van der Waals surface area contributed by atoms with E-state index in [4.69, 9.17) is 19.9 Å². The van der Waals surface area contributed by atoms with Gasteiger partial charge in [-0.2, -0.15) is 0 Å². The first kappa shape index (κ1) is 98.0. The quantitative estimate of drug-likeness (QED) is 0.0244. The lowest BCUT2D eigenvalue weighted by Gasteiger charge is -2.41. The van der Waals surface area contributed by atoms with Crippen molar-refractivity contribution >= 4 is 92.2 Å². The highest BCUT2D eigenvalue weighted by atomic mass is 32.2. The minimum absolute atomic E-state index is 0.00493. The van der Waals surface area contributed by atoms with Crippen LogP contribution in [0.5, 0.6) is 0 Å². The number of unbranched alkanes of at least 4 members (excludes halogenated alkanes) is 1. The molecule has 112 heavy (non-hydrogen) atoms. The molecular weight excluding hydrogens is 1480 g/mol. The molecule has 0 saturated carbocycles. The lowest BCUT2D eigenvalue weighted by atomic mass is 9.84. The molecule has 3 aromatic rings. The number of ketones is 1. The van der Waals surface area contributed by atoms with Crippen molar-refractivity contribution in [3.05, 3.63) is 82.3 Å². The van der Waals surface area contributed by atoms with E-state index < -0.39 is 117 Å². The number of aryl methyl sites for hydroxylation is 1. The second-order valence-electron chi connectivity index (χ2n) is 32.3. The van der Waals surface area contributed by atoms with E-state index in [1.165, 1.54) is 32.3 Å². The van der Waals surface area contributed by atoms with Crippen molar-refractivity contribution < 1.29 is 75.4 Å². The zero-order valence-corrected chi connectivity index (χ0v) is 71.6. The molecule has 0 aliphatic carbocycles. The van der Waals surface area contributed by atoms with Crippen LogP contribution < -0.4 is 58.3 Å². The Morgan fingerprint density at radius 1 is 0.723 bits per heavy atom. The van der Waals surface area contributed by atoms with Crippen molar-refractivity contribution in [2.24, 2.45) is 34.8 Å². The van der Waals surface area contributed by atoms with Crippen LogP contribution in [-0.2, 0) is 73.8 Å². The molecule has 1 aliphatic heterocycles.